The fourth-order valence-corrected chi connectivity index (χ4v) is 2.03. The normalized spacial score (nSPS) is 11.6. The molecule has 0 fully saturated rings. The molecule has 0 radical (unpaired) electrons. The van der Waals surface area contributed by atoms with Crippen molar-refractivity contribution < 1.29 is 0 Å². The number of hydrogen-bond acceptors (Lipinski definition) is 2. The molecular formula is C15H13ClN2. The Balaban J connectivity index is 2.26. The van der Waals surface area contributed by atoms with E-state index in [2.05, 4.69) is 11.4 Å². The van der Waals surface area contributed by atoms with E-state index in [4.69, 9.17) is 11.6 Å². The monoisotopic (exact) mass is 256 g/mol. The van der Waals surface area contributed by atoms with Crippen LogP contribution < -0.4 is 5.32 Å². The van der Waals surface area contributed by atoms with E-state index in [9.17, 15) is 5.26 Å². The van der Waals surface area contributed by atoms with Crippen LogP contribution in [0.15, 0.2) is 48.5 Å². The molecule has 1 N–H and O–H groups in total. The summed E-state index contributed by atoms with van der Waals surface area (Å²) in [5, 5.41) is 13.1. The minimum absolute atomic E-state index is 0.371. The van der Waals surface area contributed by atoms with Gasteiger partial charge in [-0.25, -0.2) is 0 Å². The van der Waals surface area contributed by atoms with Gasteiger partial charge in [0, 0.05) is 10.7 Å². The van der Waals surface area contributed by atoms with Crippen LogP contribution in [-0.4, -0.2) is 0 Å². The molecule has 0 aromatic heterocycles. The fraction of sp³-hybridized carbons (Fsp3) is 0.133. The van der Waals surface area contributed by atoms with Gasteiger partial charge in [-0.15, -0.1) is 0 Å². The SMILES string of the molecule is Cc1ccccc1C(C#N)Nc1cccc(Cl)c1. The van der Waals surface area contributed by atoms with E-state index in [-0.39, 0.29) is 6.04 Å². The molecule has 0 aliphatic rings. The zero-order valence-corrected chi connectivity index (χ0v) is 10.8. The molecular weight excluding hydrogens is 244 g/mol. The maximum atomic E-state index is 9.29. The van der Waals surface area contributed by atoms with Gasteiger partial charge in [0.2, 0.25) is 0 Å². The number of rotatable bonds is 3. The van der Waals surface area contributed by atoms with E-state index >= 15 is 0 Å². The van der Waals surface area contributed by atoms with E-state index in [0.29, 0.717) is 5.02 Å². The van der Waals surface area contributed by atoms with Crippen LogP contribution in [0.3, 0.4) is 0 Å². The molecule has 18 heavy (non-hydrogen) atoms. The zero-order valence-electron chi connectivity index (χ0n) is 10.0. The Morgan fingerprint density at radius 3 is 2.61 bits per heavy atom. The summed E-state index contributed by atoms with van der Waals surface area (Å²) in [6, 6.07) is 17.1. The molecule has 0 amide bonds. The van der Waals surface area contributed by atoms with Crippen molar-refractivity contribution >= 4 is 17.3 Å². The third kappa shape index (κ3) is 2.82. The number of halogens is 1. The average molecular weight is 257 g/mol. The Kier molecular flexibility index (Phi) is 3.86. The minimum atomic E-state index is -0.371. The van der Waals surface area contributed by atoms with Gasteiger partial charge >= 0.3 is 0 Å². The van der Waals surface area contributed by atoms with Gasteiger partial charge in [0.1, 0.15) is 6.04 Å². The van der Waals surface area contributed by atoms with E-state index in [1.807, 2.05) is 55.5 Å². The zero-order chi connectivity index (χ0) is 13.0. The van der Waals surface area contributed by atoms with Crippen LogP contribution in [0.1, 0.15) is 17.2 Å². The van der Waals surface area contributed by atoms with Gasteiger partial charge in [0.25, 0.3) is 0 Å². The van der Waals surface area contributed by atoms with E-state index in [0.717, 1.165) is 16.8 Å². The van der Waals surface area contributed by atoms with Gasteiger partial charge in [-0.3, -0.25) is 0 Å². The van der Waals surface area contributed by atoms with Crippen molar-refractivity contribution in [2.45, 2.75) is 13.0 Å². The molecule has 2 rings (SSSR count). The van der Waals surface area contributed by atoms with E-state index in [1.165, 1.54) is 0 Å². The van der Waals surface area contributed by atoms with Crippen LogP contribution in [-0.2, 0) is 0 Å². The summed E-state index contributed by atoms with van der Waals surface area (Å²) in [6.45, 7) is 2.00. The molecule has 0 aliphatic carbocycles. The second-order valence-electron chi connectivity index (χ2n) is 4.07. The molecule has 0 bridgehead atoms. The largest absolute Gasteiger partial charge is 0.366 e. The van der Waals surface area contributed by atoms with Crippen molar-refractivity contribution in [3.8, 4) is 6.07 Å². The number of benzene rings is 2. The topological polar surface area (TPSA) is 35.8 Å². The van der Waals surface area contributed by atoms with Crippen LogP contribution in [0, 0.1) is 18.3 Å². The van der Waals surface area contributed by atoms with Crippen molar-refractivity contribution in [1.82, 2.24) is 0 Å². The molecule has 2 aromatic carbocycles. The first-order valence-corrected chi connectivity index (χ1v) is 6.06. The minimum Gasteiger partial charge on any atom is -0.366 e. The lowest BCUT2D eigenvalue weighted by atomic mass is 10.0. The van der Waals surface area contributed by atoms with Crippen molar-refractivity contribution in [2.75, 3.05) is 5.32 Å². The van der Waals surface area contributed by atoms with Gasteiger partial charge in [0.15, 0.2) is 0 Å². The van der Waals surface area contributed by atoms with Crippen LogP contribution in [0.5, 0.6) is 0 Å². The molecule has 2 nitrogen and oxygen atoms in total. The van der Waals surface area contributed by atoms with Gasteiger partial charge in [-0.2, -0.15) is 5.26 Å². The first-order chi connectivity index (χ1) is 8.70. The fourth-order valence-electron chi connectivity index (χ4n) is 1.84. The summed E-state index contributed by atoms with van der Waals surface area (Å²) in [4.78, 5) is 0. The smallest absolute Gasteiger partial charge is 0.140 e. The second-order valence-corrected chi connectivity index (χ2v) is 4.51. The quantitative estimate of drug-likeness (QED) is 0.887. The van der Waals surface area contributed by atoms with E-state index in [1.54, 1.807) is 0 Å². The molecule has 0 heterocycles. The highest BCUT2D eigenvalue weighted by Crippen LogP contribution is 2.23. The highest BCUT2D eigenvalue weighted by atomic mass is 35.5. The third-order valence-electron chi connectivity index (χ3n) is 2.76. The van der Waals surface area contributed by atoms with Gasteiger partial charge in [-0.1, -0.05) is 41.9 Å². The predicted molar refractivity (Wildman–Crippen MR) is 74.6 cm³/mol. The number of anilines is 1. The molecule has 0 spiro atoms. The number of aryl methyl sites for hydroxylation is 1. The van der Waals surface area contributed by atoms with Crippen molar-refractivity contribution in [1.29, 1.82) is 5.26 Å². The molecule has 1 atom stereocenters. The highest BCUT2D eigenvalue weighted by molar-refractivity contribution is 6.30. The third-order valence-corrected chi connectivity index (χ3v) is 3.00. The summed E-state index contributed by atoms with van der Waals surface area (Å²) < 4.78 is 0. The number of nitrogens with zero attached hydrogens (tertiary/aromatic N) is 1. The number of hydrogen-bond donors (Lipinski definition) is 1. The van der Waals surface area contributed by atoms with Gasteiger partial charge < -0.3 is 5.32 Å². The summed E-state index contributed by atoms with van der Waals surface area (Å²) in [5.41, 5.74) is 2.93. The van der Waals surface area contributed by atoms with Crippen LogP contribution in [0.4, 0.5) is 5.69 Å². The number of nitrogens with one attached hydrogen (secondary N) is 1. The van der Waals surface area contributed by atoms with Gasteiger partial charge in [0.05, 0.1) is 6.07 Å². The predicted octanol–water partition coefficient (Wildman–Crippen LogP) is 4.33. The first-order valence-electron chi connectivity index (χ1n) is 5.68. The maximum absolute atomic E-state index is 9.29. The molecule has 90 valence electrons. The van der Waals surface area contributed by atoms with Crippen molar-refractivity contribution in [2.24, 2.45) is 0 Å². The molecule has 0 aliphatic heterocycles. The molecule has 3 heteroatoms. The standard InChI is InChI=1S/C15H13ClN2/c1-11-5-2-3-8-14(11)15(10-17)18-13-7-4-6-12(16)9-13/h2-9,15,18H,1H3. The van der Waals surface area contributed by atoms with E-state index < -0.39 is 0 Å². The Morgan fingerprint density at radius 2 is 1.94 bits per heavy atom. The Morgan fingerprint density at radius 1 is 1.17 bits per heavy atom. The molecule has 1 unspecified atom stereocenters. The lowest BCUT2D eigenvalue weighted by Gasteiger charge is -2.15. The van der Waals surface area contributed by atoms with Gasteiger partial charge in [-0.05, 0) is 36.2 Å². The lowest BCUT2D eigenvalue weighted by molar-refractivity contribution is 0.982. The van der Waals surface area contributed by atoms with Crippen molar-refractivity contribution in [3.05, 3.63) is 64.7 Å². The average Bonchev–Trinajstić information content (AvgIpc) is 2.37. The summed E-state index contributed by atoms with van der Waals surface area (Å²) in [6.07, 6.45) is 0. The Bertz CT molecular complexity index is 587. The molecule has 2 aromatic rings. The first kappa shape index (κ1) is 12.5. The highest BCUT2D eigenvalue weighted by Gasteiger charge is 2.12. The van der Waals surface area contributed by atoms with Crippen molar-refractivity contribution in [3.63, 3.8) is 0 Å². The number of nitriles is 1. The summed E-state index contributed by atoms with van der Waals surface area (Å²) in [5.74, 6) is 0. The molecule has 0 saturated heterocycles. The maximum Gasteiger partial charge on any atom is 0.140 e. The summed E-state index contributed by atoms with van der Waals surface area (Å²) >= 11 is 5.93. The van der Waals surface area contributed by atoms with Crippen LogP contribution in [0.2, 0.25) is 5.02 Å². The second kappa shape index (κ2) is 5.57. The van der Waals surface area contributed by atoms with Crippen LogP contribution in [0.25, 0.3) is 0 Å². The molecule has 0 saturated carbocycles. The lowest BCUT2D eigenvalue weighted by Crippen LogP contribution is -2.09. The Labute approximate surface area is 112 Å². The van der Waals surface area contributed by atoms with Crippen LogP contribution >= 0.6 is 11.6 Å². The summed E-state index contributed by atoms with van der Waals surface area (Å²) in [7, 11) is 0. The Hall–Kier alpha value is -1.98.